The van der Waals surface area contributed by atoms with Crippen LogP contribution in [0.25, 0.3) is 11.6 Å². The summed E-state index contributed by atoms with van der Waals surface area (Å²) in [7, 11) is 0. The molecule has 0 amide bonds. The maximum Gasteiger partial charge on any atom is -1.00 e. The smallest absolute Gasteiger partial charge is 1.00 e. The summed E-state index contributed by atoms with van der Waals surface area (Å²) in [6.07, 6.45) is 2.47. The number of fused-ring (bicyclic) bond motifs is 1. The van der Waals surface area contributed by atoms with Crippen LogP contribution in [0.15, 0.2) is 54.6 Å². The van der Waals surface area contributed by atoms with Gasteiger partial charge in [-0.25, -0.2) is 0 Å². The first-order chi connectivity index (χ1) is 10.3. The molecule has 0 radical (unpaired) electrons. The Balaban J connectivity index is 0.00000132. The van der Waals surface area contributed by atoms with E-state index in [1.165, 1.54) is 23.2 Å². The van der Waals surface area contributed by atoms with E-state index in [4.69, 9.17) is 0 Å². The zero-order valence-electron chi connectivity index (χ0n) is 13.6. The fraction of sp³-hybridized carbons (Fsp3) is 0.263. The molecule has 0 spiro atoms. The molecule has 2 aromatic rings. The fourth-order valence-electron chi connectivity index (χ4n) is 3.14. The third kappa shape index (κ3) is 5.11. The summed E-state index contributed by atoms with van der Waals surface area (Å²) in [4.78, 5) is 0. The molecular weight excluding hydrogens is 601 g/mol. The van der Waals surface area contributed by atoms with Gasteiger partial charge in [0, 0.05) is 0 Å². The summed E-state index contributed by atoms with van der Waals surface area (Å²) in [5.41, 5.74) is 6.16. The fourth-order valence-corrected chi connectivity index (χ4v) is 15.9. The summed E-state index contributed by atoms with van der Waals surface area (Å²) < 4.78 is 0.795. The second-order valence-electron chi connectivity index (χ2n) is 5.71. The van der Waals surface area contributed by atoms with E-state index in [-0.39, 0.29) is 70.3 Å². The molecule has 1 aliphatic carbocycles. The van der Waals surface area contributed by atoms with Crippen LogP contribution < -0.4 is 48.0 Å². The molecule has 0 nitrogen and oxygen atoms in total. The van der Waals surface area contributed by atoms with Gasteiger partial charge in [0.25, 0.3) is 0 Å². The van der Waals surface area contributed by atoms with Crippen LogP contribution in [0.3, 0.4) is 0 Å². The number of halogens is 2. The van der Waals surface area contributed by atoms with Crippen molar-refractivity contribution in [2.24, 2.45) is 0 Å². The Morgan fingerprint density at radius 2 is 1.48 bits per heavy atom. The molecule has 1 unspecified atom stereocenters. The summed E-state index contributed by atoms with van der Waals surface area (Å²) in [5, 5.41) is 0. The number of hydrogen-bond donors (Lipinski definition) is 0. The van der Waals surface area contributed by atoms with E-state index in [0.717, 1.165) is 3.63 Å². The first-order valence-electron chi connectivity index (χ1n) is 7.95. The molecular formula is C19H22I2SiZr. The van der Waals surface area contributed by atoms with Crippen molar-refractivity contribution in [2.75, 3.05) is 0 Å². The molecule has 1 aliphatic rings. The number of hydrogen-bond acceptors (Lipinski definition) is 0. The van der Waals surface area contributed by atoms with Crippen LogP contribution in [0.5, 0.6) is 0 Å². The van der Waals surface area contributed by atoms with Crippen LogP contribution >= 0.6 is 0 Å². The maximum atomic E-state index is 2.47. The van der Waals surface area contributed by atoms with Gasteiger partial charge in [-0.05, 0) is 0 Å². The van der Waals surface area contributed by atoms with Gasteiger partial charge in [0.05, 0.1) is 0 Å². The molecule has 0 aromatic heterocycles. The molecule has 0 saturated carbocycles. The average Bonchev–Trinajstić information content (AvgIpc) is 2.92. The van der Waals surface area contributed by atoms with Gasteiger partial charge in [-0.15, -0.1) is 0 Å². The van der Waals surface area contributed by atoms with Crippen LogP contribution in [0.1, 0.15) is 34.2 Å². The molecule has 0 N–H and O–H groups in total. The average molecular weight is 624 g/mol. The largest absolute Gasteiger partial charge is 1.00 e. The van der Waals surface area contributed by atoms with Crippen molar-refractivity contribution in [2.45, 2.75) is 29.6 Å². The Morgan fingerprint density at radius 1 is 0.870 bits per heavy atom. The van der Waals surface area contributed by atoms with Crippen LogP contribution in [-0.4, -0.2) is 5.92 Å². The van der Waals surface area contributed by atoms with E-state index in [1.54, 1.807) is 11.1 Å². The van der Waals surface area contributed by atoms with Gasteiger partial charge >= 0.3 is 141 Å². The normalized spacial score (nSPS) is 15.1. The predicted molar refractivity (Wildman–Crippen MR) is 91.6 cm³/mol. The predicted octanol–water partition coefficient (Wildman–Crippen LogP) is -0.864. The first kappa shape index (κ1) is 21.8. The second kappa shape index (κ2) is 10.7. The third-order valence-corrected chi connectivity index (χ3v) is 20.7. The van der Waals surface area contributed by atoms with E-state index in [0.29, 0.717) is 0 Å². The topological polar surface area (TPSA) is 0 Å². The second-order valence-corrected chi connectivity index (χ2v) is 19.0. The molecule has 23 heavy (non-hydrogen) atoms. The molecule has 0 heterocycles. The molecule has 3 rings (SSSR count). The van der Waals surface area contributed by atoms with Crippen molar-refractivity contribution in [1.29, 1.82) is 0 Å². The van der Waals surface area contributed by atoms with Crippen LogP contribution in [0.2, 0.25) is 12.1 Å². The minimum atomic E-state index is -0.437. The zero-order valence-corrected chi connectivity index (χ0v) is 21.5. The van der Waals surface area contributed by atoms with Gasteiger partial charge in [-0.3, -0.25) is 0 Å². The van der Waals surface area contributed by atoms with Crippen LogP contribution in [-0.2, 0) is 22.4 Å². The Hall–Kier alpha value is 0.740. The molecule has 0 saturated heterocycles. The van der Waals surface area contributed by atoms with E-state index >= 15 is 0 Å². The molecule has 120 valence electrons. The minimum Gasteiger partial charge on any atom is -1.00 e. The summed E-state index contributed by atoms with van der Waals surface area (Å²) >= 11 is -0.349. The number of allylic oxidation sites excluding steroid dienone is 1. The number of benzene rings is 2. The molecule has 0 fully saturated rings. The van der Waals surface area contributed by atoms with E-state index in [2.05, 4.69) is 74.5 Å². The quantitative estimate of drug-likeness (QED) is 0.301. The summed E-state index contributed by atoms with van der Waals surface area (Å²) in [5.74, 6) is -0.437. The van der Waals surface area contributed by atoms with Gasteiger partial charge in [0.1, 0.15) is 0 Å². The van der Waals surface area contributed by atoms with E-state index in [1.807, 2.05) is 0 Å². The van der Waals surface area contributed by atoms with Crippen molar-refractivity contribution in [3.8, 4) is 0 Å². The van der Waals surface area contributed by atoms with Crippen molar-refractivity contribution in [3.05, 3.63) is 71.3 Å². The van der Waals surface area contributed by atoms with E-state index < -0.39 is 5.92 Å². The minimum absolute atomic E-state index is 0. The van der Waals surface area contributed by atoms with Crippen molar-refractivity contribution >= 4 is 17.6 Å². The van der Waals surface area contributed by atoms with Crippen molar-refractivity contribution in [3.63, 3.8) is 0 Å². The number of rotatable bonds is 5. The van der Waals surface area contributed by atoms with Crippen molar-refractivity contribution < 1.29 is 70.3 Å². The Kier molecular flexibility index (Phi) is 10.1. The Labute approximate surface area is 186 Å². The van der Waals surface area contributed by atoms with E-state index in [9.17, 15) is 0 Å². The third-order valence-electron chi connectivity index (χ3n) is 4.42. The Bertz CT molecular complexity index is 639. The Morgan fingerprint density at radius 3 is 2.13 bits per heavy atom. The molecule has 1 atom stereocenters. The van der Waals surface area contributed by atoms with Gasteiger partial charge in [-0.2, -0.15) is 0 Å². The van der Waals surface area contributed by atoms with Gasteiger partial charge in [0.2, 0.25) is 0 Å². The molecule has 2 aromatic carbocycles. The molecule has 0 aliphatic heterocycles. The zero-order chi connectivity index (χ0) is 14.7. The van der Waals surface area contributed by atoms with Crippen LogP contribution in [0, 0.1) is 0 Å². The molecule has 4 heteroatoms. The summed E-state index contributed by atoms with van der Waals surface area (Å²) in [6, 6.07) is 23.1. The van der Waals surface area contributed by atoms with Gasteiger partial charge < -0.3 is 48.0 Å². The maximum absolute atomic E-state index is 2.47. The standard InChI is InChI=1S/C15H11.C4H11Si.2HI.Zr/c1-2-6-12(7-3-1)15-10-13-8-4-5-9-14(13)11-15;1-3-5-4-2;;;/h1-11H;5H,3-4H2,1-2H3;2*1H;/q;;;;+2/p-2. The summed E-state index contributed by atoms with van der Waals surface area (Å²) in [6.45, 7) is 4.85. The molecule has 0 bridgehead atoms. The first-order valence-corrected chi connectivity index (χ1v) is 15.8. The monoisotopic (exact) mass is 622 g/mol. The van der Waals surface area contributed by atoms with Gasteiger partial charge in [0.15, 0.2) is 0 Å². The van der Waals surface area contributed by atoms with Crippen LogP contribution in [0.4, 0.5) is 0 Å². The van der Waals surface area contributed by atoms with Gasteiger partial charge in [-0.1, -0.05) is 0 Å². The SMILES string of the molecule is CC[SiH](CC)[Zr+2][CH]1C(c2ccccc2)=Cc2ccccc21.[I-].[I-]. The van der Waals surface area contributed by atoms with Crippen molar-refractivity contribution in [1.82, 2.24) is 0 Å².